The standard InChI is InChI=1S/C12H10Se2.H2O2/c1-3-7-11(8-4-1)13-14-12-9-5-2-6-10-12;1-2/h1-10H;1-2H. The Morgan fingerprint density at radius 1 is 0.562 bits per heavy atom. The van der Waals surface area contributed by atoms with E-state index in [0.29, 0.717) is 26.3 Å². The molecule has 0 radical (unpaired) electrons. The molecule has 0 fully saturated rings. The van der Waals surface area contributed by atoms with Crippen molar-refractivity contribution in [1.82, 2.24) is 0 Å². The van der Waals surface area contributed by atoms with Crippen LogP contribution in [0.15, 0.2) is 60.7 Å². The zero-order chi connectivity index (χ0) is 11.6. The molecule has 0 aromatic heterocycles. The first-order valence-corrected chi connectivity index (χ1v) is 10.6. The van der Waals surface area contributed by atoms with Crippen LogP contribution in [0, 0.1) is 0 Å². The molecule has 0 bridgehead atoms. The summed E-state index contributed by atoms with van der Waals surface area (Å²) in [6, 6.07) is 21.6. The molecule has 2 rings (SSSR count). The van der Waals surface area contributed by atoms with E-state index in [2.05, 4.69) is 60.7 Å². The van der Waals surface area contributed by atoms with Crippen LogP contribution in [-0.2, 0) is 0 Å². The van der Waals surface area contributed by atoms with Crippen LogP contribution in [0.2, 0.25) is 0 Å². The summed E-state index contributed by atoms with van der Waals surface area (Å²) in [5.41, 5.74) is 0. The molecule has 0 aliphatic rings. The Balaban J connectivity index is 0.000000606. The van der Waals surface area contributed by atoms with Gasteiger partial charge >= 0.3 is 95.9 Å². The summed E-state index contributed by atoms with van der Waals surface area (Å²) in [7, 11) is 0. The van der Waals surface area contributed by atoms with Crippen molar-refractivity contribution < 1.29 is 10.5 Å². The van der Waals surface area contributed by atoms with Crippen LogP contribution in [0.4, 0.5) is 0 Å². The summed E-state index contributed by atoms with van der Waals surface area (Å²) in [6.45, 7) is 0. The molecule has 0 spiro atoms. The second kappa shape index (κ2) is 8.54. The van der Waals surface area contributed by atoms with Crippen molar-refractivity contribution >= 4 is 35.2 Å². The Labute approximate surface area is 106 Å². The zero-order valence-electron chi connectivity index (χ0n) is 8.48. The monoisotopic (exact) mass is 348 g/mol. The first-order valence-electron chi connectivity index (χ1n) is 4.60. The quantitative estimate of drug-likeness (QED) is 0.494. The van der Waals surface area contributed by atoms with Crippen LogP contribution in [0.25, 0.3) is 0 Å². The van der Waals surface area contributed by atoms with Crippen molar-refractivity contribution in [2.45, 2.75) is 0 Å². The number of rotatable bonds is 3. The normalized spacial score (nSPS) is 9.12. The molecule has 84 valence electrons. The van der Waals surface area contributed by atoms with Crippen molar-refractivity contribution in [2.75, 3.05) is 0 Å². The van der Waals surface area contributed by atoms with E-state index in [1.54, 1.807) is 0 Å². The Morgan fingerprint density at radius 2 is 0.875 bits per heavy atom. The molecule has 4 heteroatoms. The summed E-state index contributed by atoms with van der Waals surface area (Å²) in [4.78, 5) is 0. The molecule has 0 saturated heterocycles. The summed E-state index contributed by atoms with van der Waals surface area (Å²) in [6.07, 6.45) is 0. The molecule has 0 aliphatic heterocycles. The molecule has 2 aromatic carbocycles. The van der Waals surface area contributed by atoms with E-state index >= 15 is 0 Å². The Hall–Kier alpha value is -0.601. The van der Waals surface area contributed by atoms with Crippen LogP contribution < -0.4 is 8.92 Å². The molecule has 0 heterocycles. The van der Waals surface area contributed by atoms with Gasteiger partial charge in [-0.3, -0.25) is 10.5 Å². The van der Waals surface area contributed by atoms with Crippen molar-refractivity contribution in [2.24, 2.45) is 0 Å². The SMILES string of the molecule is OO.c1ccc([Se][Se]c2ccccc2)cc1. The Morgan fingerprint density at radius 3 is 1.19 bits per heavy atom. The van der Waals surface area contributed by atoms with Crippen molar-refractivity contribution in [3.63, 3.8) is 0 Å². The van der Waals surface area contributed by atoms with Gasteiger partial charge in [0.25, 0.3) is 0 Å². The first kappa shape index (κ1) is 13.5. The van der Waals surface area contributed by atoms with Crippen LogP contribution in [0.1, 0.15) is 0 Å². The molecule has 0 atom stereocenters. The van der Waals surface area contributed by atoms with E-state index in [1.807, 2.05) is 0 Å². The average molecular weight is 346 g/mol. The third-order valence-electron chi connectivity index (χ3n) is 1.72. The minimum atomic E-state index is 0.635. The predicted molar refractivity (Wildman–Crippen MR) is 68.9 cm³/mol. The first-order chi connectivity index (χ1) is 7.95. The Kier molecular flexibility index (Phi) is 7.19. The van der Waals surface area contributed by atoms with E-state index in [4.69, 9.17) is 10.5 Å². The van der Waals surface area contributed by atoms with Gasteiger partial charge in [0.1, 0.15) is 0 Å². The molecule has 0 amide bonds. The van der Waals surface area contributed by atoms with Gasteiger partial charge in [0, 0.05) is 0 Å². The second-order valence-corrected chi connectivity index (χ2v) is 9.10. The zero-order valence-corrected chi connectivity index (χ0v) is 11.9. The fraction of sp³-hybridized carbons (Fsp3) is 0. The maximum absolute atomic E-state index is 6.00. The van der Waals surface area contributed by atoms with Gasteiger partial charge in [0.15, 0.2) is 0 Å². The molecule has 0 aliphatic carbocycles. The van der Waals surface area contributed by atoms with Crippen molar-refractivity contribution in [3.05, 3.63) is 60.7 Å². The van der Waals surface area contributed by atoms with E-state index in [0.717, 1.165) is 0 Å². The summed E-state index contributed by atoms with van der Waals surface area (Å²) in [5.74, 6) is 0. The van der Waals surface area contributed by atoms with Gasteiger partial charge in [-0.25, -0.2) is 0 Å². The van der Waals surface area contributed by atoms with Gasteiger partial charge in [-0.2, -0.15) is 0 Å². The minimum absolute atomic E-state index is 0.635. The molecule has 2 aromatic rings. The van der Waals surface area contributed by atoms with Gasteiger partial charge < -0.3 is 0 Å². The fourth-order valence-electron chi connectivity index (χ4n) is 1.05. The molecule has 0 saturated carbocycles. The van der Waals surface area contributed by atoms with Crippen molar-refractivity contribution in [1.29, 1.82) is 0 Å². The third-order valence-corrected chi connectivity index (χ3v) is 8.95. The van der Waals surface area contributed by atoms with Crippen LogP contribution in [0.5, 0.6) is 0 Å². The van der Waals surface area contributed by atoms with Crippen LogP contribution in [-0.4, -0.2) is 36.8 Å². The van der Waals surface area contributed by atoms with Gasteiger partial charge in [0.2, 0.25) is 0 Å². The molecular formula is C12H12O2Se2. The summed E-state index contributed by atoms with van der Waals surface area (Å²) < 4.78 is 3.01. The van der Waals surface area contributed by atoms with E-state index in [9.17, 15) is 0 Å². The van der Waals surface area contributed by atoms with Crippen LogP contribution >= 0.6 is 0 Å². The number of hydrogen-bond donors (Lipinski definition) is 2. The summed E-state index contributed by atoms with van der Waals surface area (Å²) >= 11 is 1.27. The molecule has 0 unspecified atom stereocenters. The number of benzene rings is 2. The topological polar surface area (TPSA) is 40.5 Å². The average Bonchev–Trinajstić information content (AvgIpc) is 2.41. The molecule has 2 N–H and O–H groups in total. The van der Waals surface area contributed by atoms with E-state index < -0.39 is 0 Å². The number of hydrogen-bond acceptors (Lipinski definition) is 2. The van der Waals surface area contributed by atoms with Gasteiger partial charge in [-0.05, 0) is 0 Å². The van der Waals surface area contributed by atoms with Gasteiger partial charge in [-0.1, -0.05) is 0 Å². The van der Waals surface area contributed by atoms with E-state index in [-0.39, 0.29) is 0 Å². The molecule has 2 nitrogen and oxygen atoms in total. The predicted octanol–water partition coefficient (Wildman–Crippen LogP) is 0.978. The third kappa shape index (κ3) is 4.95. The summed E-state index contributed by atoms with van der Waals surface area (Å²) in [5, 5.41) is 12.0. The second-order valence-electron chi connectivity index (χ2n) is 2.79. The maximum atomic E-state index is 6.00. The van der Waals surface area contributed by atoms with Gasteiger partial charge in [-0.15, -0.1) is 0 Å². The molecule has 16 heavy (non-hydrogen) atoms. The molecular weight excluding hydrogens is 334 g/mol. The fourth-order valence-corrected chi connectivity index (χ4v) is 7.10. The van der Waals surface area contributed by atoms with E-state index in [1.165, 1.54) is 8.92 Å². The van der Waals surface area contributed by atoms with Gasteiger partial charge in [0.05, 0.1) is 0 Å². The van der Waals surface area contributed by atoms with Crippen LogP contribution in [0.3, 0.4) is 0 Å². The van der Waals surface area contributed by atoms with Crippen molar-refractivity contribution in [3.8, 4) is 0 Å². The Bertz CT molecular complexity index is 339.